The molecule has 0 atom stereocenters. The summed E-state index contributed by atoms with van der Waals surface area (Å²) < 4.78 is 0. The number of carbonyl (C=O) groups excluding carboxylic acids is 2. The molecule has 1 heterocycles. The first-order valence-electron chi connectivity index (χ1n) is 5.61. The first kappa shape index (κ1) is 14.6. The molecule has 1 aromatic heterocycles. The highest BCUT2D eigenvalue weighted by Crippen LogP contribution is 2.04. The maximum atomic E-state index is 11.9. The lowest BCUT2D eigenvalue weighted by Gasteiger charge is -2.16. The smallest absolute Gasteiger partial charge is 0.337 e. The van der Waals surface area contributed by atoms with Gasteiger partial charge in [0.2, 0.25) is 5.91 Å². The van der Waals surface area contributed by atoms with Crippen LogP contribution in [0.5, 0.6) is 0 Å². The highest BCUT2D eigenvalue weighted by atomic mass is 16.4. The Kier molecular flexibility index (Phi) is 4.99. The number of pyridine rings is 1. The Morgan fingerprint density at radius 3 is 2.53 bits per heavy atom. The molecule has 0 aromatic carbocycles. The Morgan fingerprint density at radius 1 is 1.37 bits per heavy atom. The van der Waals surface area contributed by atoms with Crippen molar-refractivity contribution in [1.29, 1.82) is 0 Å². The van der Waals surface area contributed by atoms with Crippen molar-refractivity contribution < 1.29 is 19.5 Å². The number of hydrogen-bond donors (Lipinski definition) is 2. The van der Waals surface area contributed by atoms with E-state index in [0.717, 1.165) is 6.20 Å². The molecule has 19 heavy (non-hydrogen) atoms. The molecule has 0 bridgehead atoms. The van der Waals surface area contributed by atoms with E-state index in [9.17, 15) is 14.4 Å². The lowest BCUT2D eigenvalue weighted by Crippen LogP contribution is -2.31. The molecule has 0 aliphatic rings. The molecule has 2 amide bonds. The standard InChI is InChI=1S/C12H15N3O4/c1-13-10(16)5-6-15(2)11(17)9-4-3-8(7-14-9)12(18)19/h3-4,7H,5-6H2,1-2H3,(H,13,16)(H,18,19). The lowest BCUT2D eigenvalue weighted by molar-refractivity contribution is -0.120. The zero-order valence-electron chi connectivity index (χ0n) is 10.7. The van der Waals surface area contributed by atoms with E-state index < -0.39 is 5.97 Å². The number of hydrogen-bond acceptors (Lipinski definition) is 4. The molecular weight excluding hydrogens is 250 g/mol. The second-order valence-electron chi connectivity index (χ2n) is 3.89. The van der Waals surface area contributed by atoms with E-state index in [1.165, 1.54) is 24.1 Å². The van der Waals surface area contributed by atoms with Crippen molar-refractivity contribution >= 4 is 17.8 Å². The van der Waals surface area contributed by atoms with E-state index >= 15 is 0 Å². The number of rotatable bonds is 5. The molecule has 0 aliphatic carbocycles. The summed E-state index contributed by atoms with van der Waals surface area (Å²) in [6, 6.07) is 2.66. The molecule has 102 valence electrons. The van der Waals surface area contributed by atoms with E-state index in [2.05, 4.69) is 10.3 Å². The van der Waals surface area contributed by atoms with Gasteiger partial charge >= 0.3 is 5.97 Å². The predicted molar refractivity (Wildman–Crippen MR) is 66.8 cm³/mol. The highest BCUT2D eigenvalue weighted by Gasteiger charge is 2.14. The molecule has 0 unspecified atom stereocenters. The number of nitrogens with zero attached hydrogens (tertiary/aromatic N) is 2. The highest BCUT2D eigenvalue weighted by molar-refractivity contribution is 5.93. The third kappa shape index (κ3) is 4.06. The van der Waals surface area contributed by atoms with Crippen molar-refractivity contribution in [2.45, 2.75) is 6.42 Å². The number of amides is 2. The van der Waals surface area contributed by atoms with Crippen LogP contribution in [0, 0.1) is 0 Å². The maximum absolute atomic E-state index is 11.9. The largest absolute Gasteiger partial charge is 0.478 e. The van der Waals surface area contributed by atoms with Crippen LogP contribution >= 0.6 is 0 Å². The fraction of sp³-hybridized carbons (Fsp3) is 0.333. The SMILES string of the molecule is CNC(=O)CCN(C)C(=O)c1ccc(C(=O)O)cn1. The number of carbonyl (C=O) groups is 3. The normalized spacial score (nSPS) is 9.79. The van der Waals surface area contributed by atoms with Gasteiger partial charge in [0.1, 0.15) is 5.69 Å². The van der Waals surface area contributed by atoms with Gasteiger partial charge in [-0.15, -0.1) is 0 Å². The summed E-state index contributed by atoms with van der Waals surface area (Å²) >= 11 is 0. The van der Waals surface area contributed by atoms with E-state index in [4.69, 9.17) is 5.11 Å². The van der Waals surface area contributed by atoms with Crippen molar-refractivity contribution in [3.8, 4) is 0 Å². The van der Waals surface area contributed by atoms with Crippen LogP contribution in [0.15, 0.2) is 18.3 Å². The van der Waals surface area contributed by atoms with Gasteiger partial charge in [-0.1, -0.05) is 0 Å². The minimum atomic E-state index is -1.10. The summed E-state index contributed by atoms with van der Waals surface area (Å²) in [7, 11) is 3.08. The minimum Gasteiger partial charge on any atom is -0.478 e. The molecule has 2 N–H and O–H groups in total. The summed E-state index contributed by atoms with van der Waals surface area (Å²) in [6.45, 7) is 0.265. The van der Waals surface area contributed by atoms with Crippen LogP contribution in [0.25, 0.3) is 0 Å². The zero-order chi connectivity index (χ0) is 14.4. The summed E-state index contributed by atoms with van der Waals surface area (Å²) in [5.41, 5.74) is 0.161. The lowest BCUT2D eigenvalue weighted by atomic mass is 10.2. The van der Waals surface area contributed by atoms with Crippen molar-refractivity contribution in [3.05, 3.63) is 29.6 Å². The molecule has 7 nitrogen and oxygen atoms in total. The monoisotopic (exact) mass is 265 g/mol. The van der Waals surface area contributed by atoms with Gasteiger partial charge in [-0.2, -0.15) is 0 Å². The van der Waals surface area contributed by atoms with Crippen LogP contribution in [0.4, 0.5) is 0 Å². The Labute approximate surface area is 110 Å². The topological polar surface area (TPSA) is 99.6 Å². The van der Waals surface area contributed by atoms with Gasteiger partial charge < -0.3 is 15.3 Å². The zero-order valence-corrected chi connectivity index (χ0v) is 10.7. The van der Waals surface area contributed by atoms with E-state index in [1.807, 2.05) is 0 Å². The predicted octanol–water partition coefficient (Wildman–Crippen LogP) is -0.0121. The molecule has 0 radical (unpaired) electrons. The molecular formula is C12H15N3O4. The second-order valence-corrected chi connectivity index (χ2v) is 3.89. The van der Waals surface area contributed by atoms with Crippen LogP contribution < -0.4 is 5.32 Å². The average molecular weight is 265 g/mol. The van der Waals surface area contributed by atoms with Crippen LogP contribution in [-0.2, 0) is 4.79 Å². The van der Waals surface area contributed by atoms with Crippen LogP contribution in [-0.4, -0.2) is 53.4 Å². The van der Waals surface area contributed by atoms with Crippen molar-refractivity contribution in [1.82, 2.24) is 15.2 Å². The van der Waals surface area contributed by atoms with Gasteiger partial charge in [0.25, 0.3) is 5.91 Å². The number of aromatic nitrogens is 1. The molecule has 0 fully saturated rings. The quantitative estimate of drug-likeness (QED) is 0.780. The fourth-order valence-corrected chi connectivity index (χ4v) is 1.34. The summed E-state index contributed by atoms with van der Waals surface area (Å²) in [5.74, 6) is -1.62. The summed E-state index contributed by atoms with van der Waals surface area (Å²) in [6.07, 6.45) is 1.33. The molecule has 0 aliphatic heterocycles. The third-order valence-electron chi connectivity index (χ3n) is 2.53. The Balaban J connectivity index is 2.66. The first-order valence-corrected chi connectivity index (χ1v) is 5.61. The number of aromatic carboxylic acids is 1. The van der Waals surface area contributed by atoms with Gasteiger partial charge in [0.05, 0.1) is 5.56 Å². The number of carboxylic acid groups (broad SMARTS) is 1. The average Bonchev–Trinajstić information content (AvgIpc) is 2.43. The molecule has 0 saturated carbocycles. The van der Waals surface area contributed by atoms with Crippen molar-refractivity contribution in [2.24, 2.45) is 0 Å². The Hall–Kier alpha value is -2.44. The fourth-order valence-electron chi connectivity index (χ4n) is 1.34. The van der Waals surface area contributed by atoms with Gasteiger partial charge in [0.15, 0.2) is 0 Å². The van der Waals surface area contributed by atoms with Gasteiger partial charge in [0, 0.05) is 33.3 Å². The van der Waals surface area contributed by atoms with E-state index in [-0.39, 0.29) is 36.0 Å². The van der Waals surface area contributed by atoms with Gasteiger partial charge in [-0.3, -0.25) is 14.6 Å². The summed E-state index contributed by atoms with van der Waals surface area (Å²) in [5, 5.41) is 11.2. The maximum Gasteiger partial charge on any atom is 0.337 e. The van der Waals surface area contributed by atoms with Crippen molar-refractivity contribution in [2.75, 3.05) is 20.6 Å². The van der Waals surface area contributed by atoms with E-state index in [0.29, 0.717) is 0 Å². The van der Waals surface area contributed by atoms with Gasteiger partial charge in [-0.05, 0) is 12.1 Å². The van der Waals surface area contributed by atoms with Crippen molar-refractivity contribution in [3.63, 3.8) is 0 Å². The van der Waals surface area contributed by atoms with Crippen LogP contribution in [0.1, 0.15) is 27.3 Å². The Bertz CT molecular complexity index is 484. The molecule has 1 aromatic rings. The van der Waals surface area contributed by atoms with Crippen LogP contribution in [0.2, 0.25) is 0 Å². The van der Waals surface area contributed by atoms with Crippen LogP contribution in [0.3, 0.4) is 0 Å². The molecule has 0 saturated heterocycles. The number of nitrogens with one attached hydrogen (secondary N) is 1. The third-order valence-corrected chi connectivity index (χ3v) is 2.53. The van der Waals surface area contributed by atoms with E-state index in [1.54, 1.807) is 7.05 Å². The number of carboxylic acids is 1. The molecule has 1 rings (SSSR count). The first-order chi connectivity index (χ1) is 8.95. The second kappa shape index (κ2) is 6.48. The van der Waals surface area contributed by atoms with Gasteiger partial charge in [-0.25, -0.2) is 4.79 Å². The summed E-state index contributed by atoms with van der Waals surface area (Å²) in [4.78, 5) is 38.8. The Morgan fingerprint density at radius 2 is 2.05 bits per heavy atom. The minimum absolute atomic E-state index is 0.0181. The molecule has 7 heteroatoms. The molecule has 0 spiro atoms.